The van der Waals surface area contributed by atoms with Crippen molar-refractivity contribution in [3.8, 4) is 0 Å². The number of hydrogen-bond donors (Lipinski definition) is 0. The maximum atomic E-state index is 5.94. The minimum Gasteiger partial charge on any atom is -0.377 e. The Balaban J connectivity index is 1.82. The highest BCUT2D eigenvalue weighted by Gasteiger charge is 2.37. The van der Waals surface area contributed by atoms with E-state index < -0.39 is 0 Å². The molecule has 0 aliphatic carbocycles. The molecule has 0 N–H and O–H groups in total. The van der Waals surface area contributed by atoms with Crippen molar-refractivity contribution in [1.82, 2.24) is 0 Å². The predicted octanol–water partition coefficient (Wildman–Crippen LogP) is 7.50. The molecule has 1 aliphatic rings. The van der Waals surface area contributed by atoms with Gasteiger partial charge in [0.1, 0.15) is 0 Å². The quantitative estimate of drug-likeness (QED) is 0.281. The normalized spacial score (nSPS) is 16.8. The van der Waals surface area contributed by atoms with Crippen LogP contribution in [0.3, 0.4) is 0 Å². The first kappa shape index (κ1) is 22.8. The van der Waals surface area contributed by atoms with Gasteiger partial charge in [-0.25, -0.2) is 0 Å². The Labute approximate surface area is 198 Å². The molecule has 0 fully saturated rings. The third-order valence-corrected chi connectivity index (χ3v) is 6.39. The Kier molecular flexibility index (Phi) is 6.96. The Bertz CT molecular complexity index is 1170. The van der Waals surface area contributed by atoms with Gasteiger partial charge in [0.2, 0.25) is 0 Å². The lowest BCUT2D eigenvalue weighted by Crippen LogP contribution is -2.22. The molecule has 0 aromatic heterocycles. The highest BCUT2D eigenvalue weighted by molar-refractivity contribution is 5.91. The number of nitrogens with zero attached hydrogens (tertiary/aromatic N) is 1. The first-order chi connectivity index (χ1) is 16.0. The minimum absolute atomic E-state index is 0.0609. The second-order valence-corrected chi connectivity index (χ2v) is 8.92. The summed E-state index contributed by atoms with van der Waals surface area (Å²) in [6, 6.07) is 29.8. The number of ether oxygens (including phenoxy) is 1. The van der Waals surface area contributed by atoms with E-state index in [1.807, 2.05) is 6.92 Å². The van der Waals surface area contributed by atoms with Crippen LogP contribution in [0.4, 0.5) is 5.69 Å². The molecule has 0 spiro atoms. The summed E-state index contributed by atoms with van der Waals surface area (Å²) in [5.41, 5.74) is 8.57. The highest BCUT2D eigenvalue weighted by atomic mass is 16.5. The van der Waals surface area contributed by atoms with Crippen molar-refractivity contribution in [3.05, 3.63) is 125 Å². The van der Waals surface area contributed by atoms with Gasteiger partial charge in [0, 0.05) is 30.5 Å². The van der Waals surface area contributed by atoms with Crippen LogP contribution in [0.15, 0.2) is 108 Å². The summed E-state index contributed by atoms with van der Waals surface area (Å²) < 4.78 is 5.94. The molecular formula is C31H33NO. The van der Waals surface area contributed by atoms with Gasteiger partial charge in [-0.3, -0.25) is 0 Å². The van der Waals surface area contributed by atoms with Gasteiger partial charge in [-0.15, -0.1) is 0 Å². The zero-order valence-electron chi connectivity index (χ0n) is 20.1. The summed E-state index contributed by atoms with van der Waals surface area (Å²) in [5, 5.41) is 0. The molecule has 168 valence electrons. The molecule has 33 heavy (non-hydrogen) atoms. The van der Waals surface area contributed by atoms with Gasteiger partial charge in [0.25, 0.3) is 0 Å². The molecule has 1 aliphatic heterocycles. The molecule has 3 aromatic rings. The summed E-state index contributed by atoms with van der Waals surface area (Å²) in [4.78, 5) is 2.31. The van der Waals surface area contributed by atoms with Gasteiger partial charge in [-0.2, -0.15) is 0 Å². The standard InChI is InChI=1S/C31H33NO/c1-5-33-23-26(20-21-30-31(2,3)28-18-12-13-19-29(28)32(30)4)27(25-16-10-7-11-17-25)22-24-14-8-6-9-15-24/h6-22H,5,23H2,1-4H3/b26-20-,27-22+,30-21+. The van der Waals surface area contributed by atoms with E-state index in [-0.39, 0.29) is 5.41 Å². The van der Waals surface area contributed by atoms with Crippen LogP contribution < -0.4 is 4.90 Å². The van der Waals surface area contributed by atoms with E-state index in [9.17, 15) is 0 Å². The van der Waals surface area contributed by atoms with Crippen molar-refractivity contribution >= 4 is 17.3 Å². The summed E-state index contributed by atoms with van der Waals surface area (Å²) >= 11 is 0. The lowest BCUT2D eigenvalue weighted by atomic mass is 9.83. The van der Waals surface area contributed by atoms with Crippen LogP contribution in [0.5, 0.6) is 0 Å². The summed E-state index contributed by atoms with van der Waals surface area (Å²) in [5.74, 6) is 0. The fourth-order valence-corrected chi connectivity index (χ4v) is 4.60. The lowest BCUT2D eigenvalue weighted by molar-refractivity contribution is 0.173. The first-order valence-electron chi connectivity index (χ1n) is 11.7. The average molecular weight is 436 g/mol. The molecule has 0 amide bonds. The Morgan fingerprint density at radius 1 is 0.879 bits per heavy atom. The SMILES string of the molecule is CCOCC(=C/C=C1/N(C)c2ccccc2C1(C)C)/C(=C/c1ccccc1)c1ccccc1. The summed E-state index contributed by atoms with van der Waals surface area (Å²) in [7, 11) is 2.16. The third kappa shape index (κ3) is 4.86. The van der Waals surface area contributed by atoms with Crippen molar-refractivity contribution in [1.29, 1.82) is 0 Å². The van der Waals surface area contributed by atoms with Crippen LogP contribution >= 0.6 is 0 Å². The molecule has 2 nitrogen and oxygen atoms in total. The molecule has 0 radical (unpaired) electrons. The number of fused-ring (bicyclic) bond motifs is 1. The van der Waals surface area contributed by atoms with Crippen LogP contribution in [0.2, 0.25) is 0 Å². The van der Waals surface area contributed by atoms with Crippen molar-refractivity contribution < 1.29 is 4.74 Å². The molecule has 3 aromatic carbocycles. The van der Waals surface area contributed by atoms with E-state index in [0.717, 1.165) is 0 Å². The number of likely N-dealkylation sites (N-methyl/N-ethyl adjacent to an activating group) is 1. The monoisotopic (exact) mass is 435 g/mol. The fraction of sp³-hybridized carbons (Fsp3) is 0.226. The van der Waals surface area contributed by atoms with E-state index in [4.69, 9.17) is 4.74 Å². The zero-order chi connectivity index (χ0) is 23.3. The van der Waals surface area contributed by atoms with Crippen molar-refractivity contribution in [3.63, 3.8) is 0 Å². The van der Waals surface area contributed by atoms with E-state index in [1.54, 1.807) is 0 Å². The summed E-state index contributed by atoms with van der Waals surface area (Å²) in [6.07, 6.45) is 6.78. The van der Waals surface area contributed by atoms with Crippen molar-refractivity contribution in [2.75, 3.05) is 25.2 Å². The minimum atomic E-state index is -0.0609. The average Bonchev–Trinajstić information content (AvgIpc) is 3.04. The third-order valence-electron chi connectivity index (χ3n) is 6.39. The van der Waals surface area contributed by atoms with Gasteiger partial charge in [-0.05, 0) is 53.0 Å². The van der Waals surface area contributed by atoms with Gasteiger partial charge >= 0.3 is 0 Å². The van der Waals surface area contributed by atoms with Crippen LogP contribution in [-0.2, 0) is 10.2 Å². The maximum absolute atomic E-state index is 5.94. The smallest absolute Gasteiger partial charge is 0.0722 e. The molecule has 0 atom stereocenters. The Morgan fingerprint density at radius 3 is 2.18 bits per heavy atom. The van der Waals surface area contributed by atoms with Crippen molar-refractivity contribution in [2.45, 2.75) is 26.2 Å². The largest absolute Gasteiger partial charge is 0.377 e. The van der Waals surface area contributed by atoms with Gasteiger partial charge in [0.15, 0.2) is 0 Å². The van der Waals surface area contributed by atoms with Crippen LogP contribution in [-0.4, -0.2) is 20.3 Å². The predicted molar refractivity (Wildman–Crippen MR) is 141 cm³/mol. The number of hydrogen-bond acceptors (Lipinski definition) is 2. The second-order valence-electron chi connectivity index (χ2n) is 8.92. The van der Waals surface area contributed by atoms with Gasteiger partial charge < -0.3 is 9.64 Å². The number of anilines is 1. The second kappa shape index (κ2) is 10.1. The van der Waals surface area contributed by atoms with E-state index in [0.29, 0.717) is 13.2 Å². The number of allylic oxidation sites excluding steroid dienone is 3. The molecule has 0 saturated heterocycles. The highest BCUT2D eigenvalue weighted by Crippen LogP contribution is 2.46. The van der Waals surface area contributed by atoms with Crippen LogP contribution in [0.25, 0.3) is 11.6 Å². The molecule has 0 unspecified atom stereocenters. The fourth-order valence-electron chi connectivity index (χ4n) is 4.60. The Morgan fingerprint density at radius 2 is 1.52 bits per heavy atom. The van der Waals surface area contributed by atoms with E-state index in [1.165, 1.54) is 39.2 Å². The molecular weight excluding hydrogens is 402 g/mol. The van der Waals surface area contributed by atoms with E-state index >= 15 is 0 Å². The van der Waals surface area contributed by atoms with Gasteiger partial charge in [0.05, 0.1) is 6.61 Å². The lowest BCUT2D eigenvalue weighted by Gasteiger charge is -2.24. The van der Waals surface area contributed by atoms with Crippen molar-refractivity contribution in [2.24, 2.45) is 0 Å². The van der Waals surface area contributed by atoms with Crippen LogP contribution in [0.1, 0.15) is 37.5 Å². The Hall–Kier alpha value is -3.36. The number of benzene rings is 3. The maximum Gasteiger partial charge on any atom is 0.0722 e. The molecule has 0 saturated carbocycles. The van der Waals surface area contributed by atoms with Crippen LogP contribution in [0, 0.1) is 0 Å². The molecule has 4 rings (SSSR count). The molecule has 0 bridgehead atoms. The molecule has 1 heterocycles. The van der Waals surface area contributed by atoms with E-state index in [2.05, 4.69) is 129 Å². The zero-order valence-corrected chi connectivity index (χ0v) is 20.1. The number of rotatable bonds is 7. The first-order valence-corrected chi connectivity index (χ1v) is 11.7. The molecule has 2 heteroatoms. The van der Waals surface area contributed by atoms with Gasteiger partial charge in [-0.1, -0.05) is 98.8 Å². The summed E-state index contributed by atoms with van der Waals surface area (Å²) in [6.45, 7) is 7.89. The topological polar surface area (TPSA) is 12.5 Å². The number of para-hydroxylation sites is 1.